The van der Waals surface area contributed by atoms with E-state index in [1.54, 1.807) is 19.2 Å². The lowest BCUT2D eigenvalue weighted by Crippen LogP contribution is -2.48. The Morgan fingerprint density at radius 1 is 1.12 bits per heavy atom. The van der Waals surface area contributed by atoms with Gasteiger partial charge in [-0.2, -0.15) is 0 Å². The van der Waals surface area contributed by atoms with Crippen molar-refractivity contribution in [2.45, 2.75) is 37.8 Å². The van der Waals surface area contributed by atoms with Gasteiger partial charge in [-0.15, -0.1) is 0 Å². The SMILES string of the molecule is CN=C(NCC(=O)NC(C)(C)C)NCc1ccc(S(=O)(=O)NC)cc1. The van der Waals surface area contributed by atoms with Gasteiger partial charge in [0.1, 0.15) is 0 Å². The number of carbonyl (C=O) groups is 1. The first-order chi connectivity index (χ1) is 11.6. The standard InChI is InChI=1S/C16H27N5O3S/c1-16(2,3)21-14(22)11-20-15(17-4)19-10-12-6-8-13(9-7-12)25(23,24)18-5/h6-9,18H,10-11H2,1-5H3,(H,21,22)(H2,17,19,20). The minimum absolute atomic E-state index is 0.107. The number of benzene rings is 1. The van der Waals surface area contributed by atoms with Crippen molar-refractivity contribution >= 4 is 21.9 Å². The molecule has 0 heterocycles. The summed E-state index contributed by atoms with van der Waals surface area (Å²) >= 11 is 0. The number of nitrogens with one attached hydrogen (secondary N) is 4. The topological polar surface area (TPSA) is 112 Å². The van der Waals surface area contributed by atoms with Crippen LogP contribution < -0.4 is 20.7 Å². The van der Waals surface area contributed by atoms with Gasteiger partial charge < -0.3 is 16.0 Å². The van der Waals surface area contributed by atoms with E-state index in [-0.39, 0.29) is 22.9 Å². The van der Waals surface area contributed by atoms with Crippen LogP contribution in [-0.4, -0.2) is 46.5 Å². The molecule has 0 aromatic heterocycles. The van der Waals surface area contributed by atoms with Gasteiger partial charge in [-0.05, 0) is 45.5 Å². The molecular weight excluding hydrogens is 342 g/mol. The van der Waals surface area contributed by atoms with E-state index in [1.807, 2.05) is 20.8 Å². The van der Waals surface area contributed by atoms with E-state index in [1.165, 1.54) is 19.2 Å². The molecule has 1 aromatic carbocycles. The molecule has 0 atom stereocenters. The van der Waals surface area contributed by atoms with Crippen LogP contribution in [0.3, 0.4) is 0 Å². The van der Waals surface area contributed by atoms with Crippen LogP contribution in [0.1, 0.15) is 26.3 Å². The number of hydrogen-bond donors (Lipinski definition) is 4. The van der Waals surface area contributed by atoms with E-state index in [0.717, 1.165) is 5.56 Å². The summed E-state index contributed by atoms with van der Waals surface area (Å²) in [5.41, 5.74) is 0.600. The van der Waals surface area contributed by atoms with Gasteiger partial charge in [0.2, 0.25) is 15.9 Å². The molecule has 4 N–H and O–H groups in total. The molecule has 0 fully saturated rings. The zero-order chi connectivity index (χ0) is 19.1. The van der Waals surface area contributed by atoms with Gasteiger partial charge in [0.05, 0.1) is 11.4 Å². The molecule has 8 nitrogen and oxygen atoms in total. The highest BCUT2D eigenvalue weighted by Crippen LogP contribution is 2.09. The van der Waals surface area contributed by atoms with Crippen LogP contribution >= 0.6 is 0 Å². The third-order valence-corrected chi connectivity index (χ3v) is 4.55. The van der Waals surface area contributed by atoms with Gasteiger partial charge in [-0.3, -0.25) is 9.79 Å². The van der Waals surface area contributed by atoms with E-state index in [4.69, 9.17) is 0 Å². The summed E-state index contributed by atoms with van der Waals surface area (Å²) in [7, 11) is -0.453. The second kappa shape index (κ2) is 8.82. The molecule has 0 saturated carbocycles. The Morgan fingerprint density at radius 3 is 2.20 bits per heavy atom. The summed E-state index contributed by atoms with van der Waals surface area (Å²) in [6.45, 7) is 6.29. The number of nitrogens with zero attached hydrogens (tertiary/aromatic N) is 1. The van der Waals surface area contributed by atoms with E-state index in [2.05, 4.69) is 25.7 Å². The highest BCUT2D eigenvalue weighted by Gasteiger charge is 2.14. The van der Waals surface area contributed by atoms with Gasteiger partial charge in [0.15, 0.2) is 5.96 Å². The van der Waals surface area contributed by atoms with Crippen LogP contribution in [-0.2, 0) is 21.4 Å². The molecule has 0 bridgehead atoms. The second-order valence-electron chi connectivity index (χ2n) is 6.43. The first-order valence-corrected chi connectivity index (χ1v) is 9.34. The third-order valence-electron chi connectivity index (χ3n) is 3.12. The van der Waals surface area contributed by atoms with Crippen molar-refractivity contribution in [3.63, 3.8) is 0 Å². The average molecular weight is 369 g/mol. The molecular formula is C16H27N5O3S. The number of carbonyl (C=O) groups excluding carboxylic acids is 1. The summed E-state index contributed by atoms with van der Waals surface area (Å²) in [5.74, 6) is 0.355. The molecule has 0 aliphatic heterocycles. The Balaban J connectivity index is 2.54. The highest BCUT2D eigenvalue weighted by atomic mass is 32.2. The number of amides is 1. The van der Waals surface area contributed by atoms with Gasteiger partial charge >= 0.3 is 0 Å². The van der Waals surface area contributed by atoms with E-state index < -0.39 is 10.0 Å². The van der Waals surface area contributed by atoms with Crippen LogP contribution in [0.25, 0.3) is 0 Å². The minimum atomic E-state index is -3.44. The largest absolute Gasteiger partial charge is 0.352 e. The van der Waals surface area contributed by atoms with Gasteiger partial charge in [-0.25, -0.2) is 13.1 Å². The maximum Gasteiger partial charge on any atom is 0.240 e. The highest BCUT2D eigenvalue weighted by molar-refractivity contribution is 7.89. The van der Waals surface area contributed by atoms with E-state index in [9.17, 15) is 13.2 Å². The van der Waals surface area contributed by atoms with Crippen molar-refractivity contribution in [1.82, 2.24) is 20.7 Å². The van der Waals surface area contributed by atoms with Crippen molar-refractivity contribution in [3.8, 4) is 0 Å². The Hall–Kier alpha value is -2.13. The lowest BCUT2D eigenvalue weighted by atomic mass is 10.1. The lowest BCUT2D eigenvalue weighted by Gasteiger charge is -2.21. The summed E-state index contributed by atoms with van der Waals surface area (Å²) in [6, 6.07) is 6.51. The monoisotopic (exact) mass is 369 g/mol. The molecule has 1 rings (SSSR count). The molecule has 0 aliphatic carbocycles. The summed E-state index contributed by atoms with van der Waals surface area (Å²) in [6.07, 6.45) is 0. The Bertz CT molecular complexity index is 706. The zero-order valence-corrected chi connectivity index (χ0v) is 16.1. The van der Waals surface area contributed by atoms with Crippen LogP contribution in [0.2, 0.25) is 0 Å². The Labute approximate surface area is 149 Å². The average Bonchev–Trinajstić information content (AvgIpc) is 2.53. The Kier molecular flexibility index (Phi) is 7.38. The minimum Gasteiger partial charge on any atom is -0.352 e. The van der Waals surface area contributed by atoms with Gasteiger partial charge in [0, 0.05) is 19.1 Å². The molecule has 0 saturated heterocycles. The fraction of sp³-hybridized carbons (Fsp3) is 0.500. The Morgan fingerprint density at radius 2 is 1.72 bits per heavy atom. The van der Waals surface area contributed by atoms with Crippen molar-refractivity contribution < 1.29 is 13.2 Å². The summed E-state index contributed by atoms with van der Waals surface area (Å²) in [5, 5.41) is 8.85. The second-order valence-corrected chi connectivity index (χ2v) is 8.32. The van der Waals surface area contributed by atoms with Crippen LogP contribution in [0.4, 0.5) is 0 Å². The maximum absolute atomic E-state index is 11.8. The summed E-state index contributed by atoms with van der Waals surface area (Å²) < 4.78 is 25.6. The molecule has 0 aliphatic rings. The molecule has 1 amide bonds. The first-order valence-electron chi connectivity index (χ1n) is 7.85. The fourth-order valence-corrected chi connectivity index (χ4v) is 2.67. The molecule has 0 radical (unpaired) electrons. The number of guanidine groups is 1. The molecule has 0 unspecified atom stereocenters. The molecule has 1 aromatic rings. The molecule has 25 heavy (non-hydrogen) atoms. The van der Waals surface area contributed by atoms with E-state index >= 15 is 0 Å². The lowest BCUT2D eigenvalue weighted by molar-refractivity contribution is -0.121. The van der Waals surface area contributed by atoms with Crippen molar-refractivity contribution in [2.24, 2.45) is 4.99 Å². The number of hydrogen-bond acceptors (Lipinski definition) is 4. The summed E-state index contributed by atoms with van der Waals surface area (Å²) in [4.78, 5) is 16.1. The third kappa shape index (κ3) is 7.53. The van der Waals surface area contributed by atoms with Gasteiger partial charge in [0.25, 0.3) is 0 Å². The molecule has 0 spiro atoms. The molecule has 140 valence electrons. The smallest absolute Gasteiger partial charge is 0.240 e. The predicted octanol–water partition coefficient (Wildman–Crippen LogP) is 0.174. The van der Waals surface area contributed by atoms with E-state index in [0.29, 0.717) is 12.5 Å². The van der Waals surface area contributed by atoms with Crippen molar-refractivity contribution in [1.29, 1.82) is 0 Å². The van der Waals surface area contributed by atoms with Crippen LogP contribution in [0, 0.1) is 0 Å². The van der Waals surface area contributed by atoms with Crippen molar-refractivity contribution in [3.05, 3.63) is 29.8 Å². The van der Waals surface area contributed by atoms with Crippen molar-refractivity contribution in [2.75, 3.05) is 20.6 Å². The number of aliphatic imine (C=N–C) groups is 1. The molecule has 9 heteroatoms. The maximum atomic E-state index is 11.8. The fourth-order valence-electron chi connectivity index (χ4n) is 1.94. The normalized spacial score (nSPS) is 12.6. The van der Waals surface area contributed by atoms with Crippen LogP contribution in [0.15, 0.2) is 34.2 Å². The first kappa shape index (κ1) is 20.9. The quantitative estimate of drug-likeness (QED) is 0.422. The number of rotatable bonds is 6. The predicted molar refractivity (Wildman–Crippen MR) is 98.8 cm³/mol. The van der Waals surface area contributed by atoms with Crippen LogP contribution in [0.5, 0.6) is 0 Å². The van der Waals surface area contributed by atoms with Gasteiger partial charge in [-0.1, -0.05) is 12.1 Å². The number of sulfonamides is 1. The zero-order valence-electron chi connectivity index (χ0n) is 15.3.